The molecule has 0 bridgehead atoms. The van der Waals surface area contributed by atoms with Crippen molar-refractivity contribution in [3.8, 4) is 0 Å². The standard InChI is InChI=1S/C46H93NO/c1-5-8-11-14-17-18-19-22-25-31-38-45(4)39-32-30-37-44-47(48)43-36-29-24-21-20-23-28-35-42-46(40-33-26-15-12-9-6-2)41-34-27-16-13-10-7-3/h46,48H,4-44H2,1-3H3. The molecule has 0 aliphatic heterocycles. The van der Waals surface area contributed by atoms with Gasteiger partial charge in [0.05, 0.1) is 0 Å². The second-order valence-electron chi connectivity index (χ2n) is 16.0. The molecule has 0 aromatic rings. The predicted molar refractivity (Wildman–Crippen MR) is 218 cm³/mol. The van der Waals surface area contributed by atoms with Crippen LogP contribution in [-0.4, -0.2) is 23.4 Å². The van der Waals surface area contributed by atoms with Gasteiger partial charge in [0.15, 0.2) is 0 Å². The fourth-order valence-electron chi connectivity index (χ4n) is 7.59. The molecule has 0 saturated carbocycles. The minimum Gasteiger partial charge on any atom is -0.314 e. The van der Waals surface area contributed by atoms with Crippen LogP contribution in [-0.2, 0) is 0 Å². The Labute approximate surface area is 305 Å². The van der Waals surface area contributed by atoms with Crippen molar-refractivity contribution < 1.29 is 5.21 Å². The smallest absolute Gasteiger partial charge is 0.0238 e. The van der Waals surface area contributed by atoms with Crippen LogP contribution in [0.1, 0.15) is 265 Å². The van der Waals surface area contributed by atoms with Gasteiger partial charge in [0.1, 0.15) is 0 Å². The number of nitrogens with zero attached hydrogens (tertiary/aromatic N) is 1. The number of hydrogen-bond donors (Lipinski definition) is 1. The Bertz CT molecular complexity index is 587. The van der Waals surface area contributed by atoms with Gasteiger partial charge in [-0.15, -0.1) is 0 Å². The van der Waals surface area contributed by atoms with E-state index in [0.717, 1.165) is 31.8 Å². The van der Waals surface area contributed by atoms with E-state index in [2.05, 4.69) is 27.4 Å². The van der Waals surface area contributed by atoms with Gasteiger partial charge in [0, 0.05) is 13.1 Å². The molecule has 0 aromatic carbocycles. The molecule has 0 aliphatic rings. The monoisotopic (exact) mass is 676 g/mol. The van der Waals surface area contributed by atoms with Gasteiger partial charge in [-0.05, 0) is 44.4 Å². The lowest BCUT2D eigenvalue weighted by molar-refractivity contribution is -0.0924. The number of hydrogen-bond acceptors (Lipinski definition) is 2. The van der Waals surface area contributed by atoms with Crippen LogP contribution in [0.25, 0.3) is 0 Å². The fourth-order valence-corrected chi connectivity index (χ4v) is 7.59. The summed E-state index contributed by atoms with van der Waals surface area (Å²) in [4.78, 5) is 0. The van der Waals surface area contributed by atoms with Crippen molar-refractivity contribution in [2.24, 2.45) is 5.92 Å². The van der Waals surface area contributed by atoms with Crippen LogP contribution in [0.15, 0.2) is 12.2 Å². The van der Waals surface area contributed by atoms with Crippen molar-refractivity contribution in [3.63, 3.8) is 0 Å². The molecule has 1 N–H and O–H groups in total. The first-order chi connectivity index (χ1) is 23.6. The molecule has 0 heterocycles. The van der Waals surface area contributed by atoms with E-state index in [1.54, 1.807) is 5.06 Å². The van der Waals surface area contributed by atoms with Gasteiger partial charge in [0.2, 0.25) is 0 Å². The summed E-state index contributed by atoms with van der Waals surface area (Å²) in [6.45, 7) is 13.0. The normalized spacial score (nSPS) is 11.8. The molecule has 288 valence electrons. The lowest BCUT2D eigenvalue weighted by atomic mass is 9.89. The van der Waals surface area contributed by atoms with Crippen LogP contribution in [0, 0.1) is 5.92 Å². The van der Waals surface area contributed by atoms with E-state index in [0.29, 0.717) is 0 Å². The Hall–Kier alpha value is -0.340. The Morgan fingerprint density at radius 2 is 0.625 bits per heavy atom. The molecular formula is C46H93NO. The number of rotatable bonds is 42. The first-order valence-corrected chi connectivity index (χ1v) is 22.7. The Morgan fingerprint density at radius 3 is 0.958 bits per heavy atom. The molecule has 0 atom stereocenters. The zero-order valence-corrected chi connectivity index (χ0v) is 34.0. The van der Waals surface area contributed by atoms with Gasteiger partial charge in [-0.25, -0.2) is 0 Å². The highest BCUT2D eigenvalue weighted by Crippen LogP contribution is 2.25. The maximum Gasteiger partial charge on any atom is 0.0238 e. The largest absolute Gasteiger partial charge is 0.314 e. The van der Waals surface area contributed by atoms with Crippen LogP contribution in [0.5, 0.6) is 0 Å². The van der Waals surface area contributed by atoms with E-state index in [4.69, 9.17) is 0 Å². The van der Waals surface area contributed by atoms with Crippen molar-refractivity contribution in [1.82, 2.24) is 5.06 Å². The molecule has 0 saturated heterocycles. The Morgan fingerprint density at radius 1 is 0.375 bits per heavy atom. The second kappa shape index (κ2) is 41.1. The molecule has 0 amide bonds. The summed E-state index contributed by atoms with van der Waals surface area (Å²) < 4.78 is 0. The van der Waals surface area contributed by atoms with E-state index >= 15 is 0 Å². The number of allylic oxidation sites excluding steroid dienone is 1. The predicted octanol–water partition coefficient (Wildman–Crippen LogP) is 16.7. The topological polar surface area (TPSA) is 23.5 Å². The zero-order valence-electron chi connectivity index (χ0n) is 34.0. The molecular weight excluding hydrogens is 583 g/mol. The van der Waals surface area contributed by atoms with E-state index in [-0.39, 0.29) is 0 Å². The number of hydroxylamine groups is 2. The van der Waals surface area contributed by atoms with Gasteiger partial charge in [-0.2, -0.15) is 5.06 Å². The van der Waals surface area contributed by atoms with E-state index in [1.165, 1.54) is 237 Å². The van der Waals surface area contributed by atoms with Crippen molar-refractivity contribution in [2.45, 2.75) is 265 Å². The average Bonchev–Trinajstić information content (AvgIpc) is 3.08. The highest BCUT2D eigenvalue weighted by molar-refractivity contribution is 4.93. The average molecular weight is 676 g/mol. The van der Waals surface area contributed by atoms with Gasteiger partial charge in [0.25, 0.3) is 0 Å². The molecule has 2 nitrogen and oxygen atoms in total. The molecule has 0 fully saturated rings. The molecule has 48 heavy (non-hydrogen) atoms. The third-order valence-corrected chi connectivity index (χ3v) is 11.0. The van der Waals surface area contributed by atoms with Crippen molar-refractivity contribution >= 4 is 0 Å². The minimum atomic E-state index is 0.837. The summed E-state index contributed by atoms with van der Waals surface area (Å²) in [5, 5.41) is 11.9. The van der Waals surface area contributed by atoms with E-state index < -0.39 is 0 Å². The summed E-state index contributed by atoms with van der Waals surface area (Å²) in [5.74, 6) is 1.00. The SMILES string of the molecule is C=C(CCCCCCCCCCCC)CCCCCN(O)CCCCCCCCCCC(CCCCCCCC)CCCCCCCC. The summed E-state index contributed by atoms with van der Waals surface area (Å²) in [6, 6.07) is 0. The van der Waals surface area contributed by atoms with Crippen LogP contribution >= 0.6 is 0 Å². The summed E-state index contributed by atoms with van der Waals surface area (Å²) in [5.41, 5.74) is 1.45. The third-order valence-electron chi connectivity index (χ3n) is 11.0. The molecule has 0 spiro atoms. The van der Waals surface area contributed by atoms with Crippen LogP contribution in [0.3, 0.4) is 0 Å². The van der Waals surface area contributed by atoms with Gasteiger partial charge < -0.3 is 5.21 Å². The Balaban J connectivity index is 3.62. The van der Waals surface area contributed by atoms with Crippen LogP contribution in [0.4, 0.5) is 0 Å². The fraction of sp³-hybridized carbons (Fsp3) is 0.957. The van der Waals surface area contributed by atoms with Crippen LogP contribution in [0.2, 0.25) is 0 Å². The lowest BCUT2D eigenvalue weighted by Crippen LogP contribution is -2.21. The maximum absolute atomic E-state index is 10.3. The van der Waals surface area contributed by atoms with Gasteiger partial charge in [-0.1, -0.05) is 238 Å². The van der Waals surface area contributed by atoms with Crippen molar-refractivity contribution in [1.29, 1.82) is 0 Å². The van der Waals surface area contributed by atoms with Crippen molar-refractivity contribution in [3.05, 3.63) is 12.2 Å². The summed E-state index contributed by atoms with van der Waals surface area (Å²) in [7, 11) is 0. The number of unbranched alkanes of at least 4 members (excludes halogenated alkanes) is 28. The minimum absolute atomic E-state index is 0.837. The second-order valence-corrected chi connectivity index (χ2v) is 16.0. The van der Waals surface area contributed by atoms with Gasteiger partial charge in [-0.3, -0.25) is 0 Å². The molecule has 0 rings (SSSR count). The van der Waals surface area contributed by atoms with E-state index in [1.807, 2.05) is 0 Å². The quantitative estimate of drug-likeness (QED) is 0.0395. The first kappa shape index (κ1) is 47.7. The van der Waals surface area contributed by atoms with E-state index in [9.17, 15) is 5.21 Å². The summed E-state index contributed by atoms with van der Waals surface area (Å²) >= 11 is 0. The molecule has 0 radical (unpaired) electrons. The molecule has 2 heteroatoms. The molecule has 0 aromatic heterocycles. The van der Waals surface area contributed by atoms with Crippen LogP contribution < -0.4 is 0 Å². The first-order valence-electron chi connectivity index (χ1n) is 22.7. The Kier molecular flexibility index (Phi) is 40.8. The van der Waals surface area contributed by atoms with Crippen molar-refractivity contribution in [2.75, 3.05) is 13.1 Å². The maximum atomic E-state index is 10.3. The highest BCUT2D eigenvalue weighted by Gasteiger charge is 2.09. The van der Waals surface area contributed by atoms with Gasteiger partial charge >= 0.3 is 0 Å². The summed E-state index contributed by atoms with van der Waals surface area (Å²) in [6.07, 6.45) is 52.7. The molecule has 0 aliphatic carbocycles. The molecule has 0 unspecified atom stereocenters. The lowest BCUT2D eigenvalue weighted by Gasteiger charge is -2.17. The zero-order chi connectivity index (χ0) is 35.0. The highest BCUT2D eigenvalue weighted by atomic mass is 16.5. The third kappa shape index (κ3) is 38.5.